The highest BCUT2D eigenvalue weighted by Crippen LogP contribution is 2.55. The van der Waals surface area contributed by atoms with E-state index >= 15 is 0 Å². The highest BCUT2D eigenvalue weighted by atomic mass is 19.4. The van der Waals surface area contributed by atoms with Crippen LogP contribution in [0.1, 0.15) is 46.9 Å². The Morgan fingerprint density at radius 1 is 1.06 bits per heavy atom. The van der Waals surface area contributed by atoms with Gasteiger partial charge in [0.25, 0.3) is 5.60 Å². The molecule has 2 aliphatic heterocycles. The summed E-state index contributed by atoms with van der Waals surface area (Å²) in [6.07, 6.45) is -12.0. The Morgan fingerprint density at radius 3 is 2.27 bits per heavy atom. The van der Waals surface area contributed by atoms with Gasteiger partial charge in [-0.2, -0.15) is 26.3 Å². The van der Waals surface area contributed by atoms with Crippen LogP contribution in [0.3, 0.4) is 0 Å². The van der Waals surface area contributed by atoms with Gasteiger partial charge < -0.3 is 20.3 Å². The van der Waals surface area contributed by atoms with Gasteiger partial charge in [-0.15, -0.1) is 0 Å². The normalized spacial score (nSPS) is 21.7. The fourth-order valence-corrected chi connectivity index (χ4v) is 4.63. The van der Waals surface area contributed by atoms with Crippen LogP contribution in [0.2, 0.25) is 0 Å². The predicted octanol–water partition coefficient (Wildman–Crippen LogP) is 5.15. The molecule has 0 spiro atoms. The van der Waals surface area contributed by atoms with Gasteiger partial charge in [0, 0.05) is 28.1 Å². The SMILES string of the molecule is CC1(C)c2cc(C(O)(C(F)(F)F)C(F)(F)F)ccc2NC2c3ccc(C(=O)O)cc3OCC21. The summed E-state index contributed by atoms with van der Waals surface area (Å²) in [5.41, 5.74) is -6.17. The molecule has 2 aliphatic rings. The first kappa shape index (κ1) is 23.2. The number of nitrogens with one attached hydrogen (secondary N) is 1. The molecule has 3 N–H and O–H groups in total. The summed E-state index contributed by atoms with van der Waals surface area (Å²) in [7, 11) is 0. The van der Waals surface area contributed by atoms with Crippen molar-refractivity contribution in [3.05, 3.63) is 58.7 Å². The summed E-state index contributed by atoms with van der Waals surface area (Å²) in [4.78, 5) is 11.2. The Hall–Kier alpha value is -2.95. The lowest BCUT2D eigenvalue weighted by molar-refractivity contribution is -0.376. The first-order chi connectivity index (χ1) is 15.1. The zero-order valence-corrected chi connectivity index (χ0v) is 17.3. The van der Waals surface area contributed by atoms with Crippen molar-refractivity contribution in [2.75, 3.05) is 11.9 Å². The maximum atomic E-state index is 13.4. The molecular formula is C22H19F6NO4. The number of aliphatic hydroxyl groups is 1. The van der Waals surface area contributed by atoms with Gasteiger partial charge in [0.2, 0.25) is 0 Å². The van der Waals surface area contributed by atoms with E-state index < -0.39 is 46.9 Å². The molecule has 2 unspecified atom stereocenters. The fraction of sp³-hybridized carbons (Fsp3) is 0.409. The number of hydrogen-bond donors (Lipinski definition) is 3. The van der Waals surface area contributed by atoms with Crippen LogP contribution >= 0.6 is 0 Å². The third-order valence-corrected chi connectivity index (χ3v) is 6.61. The average molecular weight is 475 g/mol. The highest BCUT2D eigenvalue weighted by molar-refractivity contribution is 5.88. The molecule has 0 radical (unpaired) electrons. The summed E-state index contributed by atoms with van der Waals surface area (Å²) >= 11 is 0. The quantitative estimate of drug-likeness (QED) is 0.524. The third-order valence-electron chi connectivity index (χ3n) is 6.61. The molecule has 0 aromatic heterocycles. The second-order valence-corrected chi connectivity index (χ2v) is 8.79. The molecule has 2 heterocycles. The van der Waals surface area contributed by atoms with E-state index in [2.05, 4.69) is 5.32 Å². The van der Waals surface area contributed by atoms with Gasteiger partial charge in [-0.3, -0.25) is 0 Å². The highest BCUT2D eigenvalue weighted by Gasteiger charge is 2.71. The standard InChI is InChI=1S/C22H19F6NO4/c1-19(2)13-8-11(20(32,21(23,24)25)22(26,27)28)4-6-15(13)29-17-12-5-3-10(18(30)31)7-16(12)33-9-14(17)19/h3-8,14,17,29,32H,9H2,1-2H3,(H,30,31). The minimum Gasteiger partial charge on any atom is -0.493 e. The Morgan fingerprint density at radius 2 is 1.70 bits per heavy atom. The number of benzene rings is 2. The Bertz CT molecular complexity index is 1110. The van der Waals surface area contributed by atoms with Crippen LogP contribution in [0.25, 0.3) is 0 Å². The molecule has 2 atom stereocenters. The molecule has 0 fully saturated rings. The lowest BCUT2D eigenvalue weighted by Crippen LogP contribution is -2.54. The van der Waals surface area contributed by atoms with Crippen molar-refractivity contribution in [1.29, 1.82) is 0 Å². The van der Waals surface area contributed by atoms with Crippen LogP contribution in [0.5, 0.6) is 5.75 Å². The van der Waals surface area contributed by atoms with Crippen molar-refractivity contribution < 1.29 is 46.1 Å². The van der Waals surface area contributed by atoms with Crippen molar-refractivity contribution >= 4 is 11.7 Å². The third kappa shape index (κ3) is 3.32. The summed E-state index contributed by atoms with van der Waals surface area (Å²) < 4.78 is 86.0. The van der Waals surface area contributed by atoms with Gasteiger partial charge >= 0.3 is 18.3 Å². The number of carbonyl (C=O) groups is 1. The van der Waals surface area contributed by atoms with E-state index in [0.29, 0.717) is 23.1 Å². The van der Waals surface area contributed by atoms with Crippen LogP contribution in [0.15, 0.2) is 36.4 Å². The summed E-state index contributed by atoms with van der Waals surface area (Å²) in [6.45, 7) is 3.40. The van der Waals surface area contributed by atoms with Crippen LogP contribution in [-0.2, 0) is 11.0 Å². The second kappa shape index (κ2) is 7.02. The molecule has 2 aromatic rings. The molecule has 2 aromatic carbocycles. The van der Waals surface area contributed by atoms with Gasteiger partial charge in [0.05, 0.1) is 18.2 Å². The molecular weight excluding hydrogens is 456 g/mol. The van der Waals surface area contributed by atoms with Crippen LogP contribution in [-0.4, -0.2) is 35.1 Å². The molecule has 11 heteroatoms. The number of halogens is 6. The number of rotatable bonds is 2. The van der Waals surface area contributed by atoms with Gasteiger partial charge in [-0.25, -0.2) is 4.79 Å². The summed E-state index contributed by atoms with van der Waals surface area (Å²) in [5.74, 6) is -1.21. The van der Waals surface area contributed by atoms with Crippen molar-refractivity contribution in [1.82, 2.24) is 0 Å². The average Bonchev–Trinajstić information content (AvgIpc) is 2.70. The number of anilines is 1. The number of fused-ring (bicyclic) bond motifs is 4. The van der Waals surface area contributed by atoms with Crippen molar-refractivity contribution in [2.24, 2.45) is 5.92 Å². The van der Waals surface area contributed by atoms with E-state index in [1.807, 2.05) is 0 Å². The van der Waals surface area contributed by atoms with Gasteiger partial charge in [0.1, 0.15) is 5.75 Å². The lowest BCUT2D eigenvalue weighted by Gasteiger charge is -2.49. The summed E-state index contributed by atoms with van der Waals surface area (Å²) in [5, 5.41) is 22.1. The number of aromatic carboxylic acids is 1. The zero-order valence-electron chi connectivity index (χ0n) is 17.3. The summed E-state index contributed by atoms with van der Waals surface area (Å²) in [6, 6.07) is 6.35. The van der Waals surface area contributed by atoms with Crippen molar-refractivity contribution in [2.45, 2.75) is 43.3 Å². The number of hydrogen-bond acceptors (Lipinski definition) is 4. The van der Waals surface area contributed by atoms with Gasteiger partial charge in [0.15, 0.2) is 0 Å². The van der Waals surface area contributed by atoms with Crippen LogP contribution in [0.4, 0.5) is 32.0 Å². The molecule has 4 rings (SSSR count). The molecule has 178 valence electrons. The molecule has 0 saturated heterocycles. The van der Waals surface area contributed by atoms with E-state index in [0.717, 1.165) is 12.1 Å². The Labute approximate surface area is 184 Å². The van der Waals surface area contributed by atoms with Crippen molar-refractivity contribution in [3.63, 3.8) is 0 Å². The lowest BCUT2D eigenvalue weighted by atomic mass is 9.64. The smallest absolute Gasteiger partial charge is 0.430 e. The molecule has 0 aliphatic carbocycles. The molecule has 0 saturated carbocycles. The Kier molecular flexibility index (Phi) is 4.94. The molecule has 5 nitrogen and oxygen atoms in total. The molecule has 33 heavy (non-hydrogen) atoms. The maximum absolute atomic E-state index is 13.4. The monoisotopic (exact) mass is 475 g/mol. The first-order valence-corrected chi connectivity index (χ1v) is 9.86. The molecule has 0 bridgehead atoms. The number of alkyl halides is 6. The molecule has 0 amide bonds. The predicted molar refractivity (Wildman–Crippen MR) is 104 cm³/mol. The zero-order chi connectivity index (χ0) is 24.6. The number of carboxylic acids is 1. The topological polar surface area (TPSA) is 78.8 Å². The maximum Gasteiger partial charge on any atom is 0.430 e. The van der Waals surface area contributed by atoms with E-state index in [4.69, 9.17) is 4.74 Å². The van der Waals surface area contributed by atoms with Crippen molar-refractivity contribution in [3.8, 4) is 5.75 Å². The fourth-order valence-electron chi connectivity index (χ4n) is 4.63. The second-order valence-electron chi connectivity index (χ2n) is 8.79. The van der Waals surface area contributed by atoms with E-state index in [9.17, 15) is 41.4 Å². The number of ether oxygens (including phenoxy) is 1. The minimum atomic E-state index is -5.98. The van der Waals surface area contributed by atoms with Gasteiger partial charge in [-0.05, 0) is 29.8 Å². The van der Waals surface area contributed by atoms with Crippen LogP contribution < -0.4 is 10.1 Å². The van der Waals surface area contributed by atoms with E-state index in [1.165, 1.54) is 12.1 Å². The number of carboxylic acid groups (broad SMARTS) is 1. The van der Waals surface area contributed by atoms with E-state index in [1.54, 1.807) is 19.9 Å². The van der Waals surface area contributed by atoms with Crippen LogP contribution in [0, 0.1) is 5.92 Å². The van der Waals surface area contributed by atoms with E-state index in [-0.39, 0.29) is 17.7 Å². The Balaban J connectivity index is 1.82. The van der Waals surface area contributed by atoms with Gasteiger partial charge in [-0.1, -0.05) is 26.0 Å². The first-order valence-electron chi connectivity index (χ1n) is 9.86. The minimum absolute atomic E-state index is 0.0194. The largest absolute Gasteiger partial charge is 0.493 e.